The monoisotopic (exact) mass is 461 g/mol. The summed E-state index contributed by atoms with van der Waals surface area (Å²) in [7, 11) is 1.56. The number of hydrogen-bond donors (Lipinski definition) is 2. The van der Waals surface area contributed by atoms with Gasteiger partial charge >= 0.3 is 0 Å². The molecule has 9 heteroatoms. The van der Waals surface area contributed by atoms with Gasteiger partial charge in [0.15, 0.2) is 5.69 Å². The van der Waals surface area contributed by atoms with Crippen molar-refractivity contribution in [3.63, 3.8) is 0 Å². The molecule has 9 nitrogen and oxygen atoms in total. The smallest absolute Gasteiger partial charge is 0.277 e. The van der Waals surface area contributed by atoms with E-state index in [0.717, 1.165) is 47.8 Å². The summed E-state index contributed by atoms with van der Waals surface area (Å²) in [6.45, 7) is 2.13. The number of carbonyl (C=O) groups excluding carboxylic acids is 1. The normalized spacial score (nSPS) is 18.2. The zero-order valence-corrected chi connectivity index (χ0v) is 19.2. The number of oxazole rings is 1. The number of ether oxygens (including phenoxy) is 1. The van der Waals surface area contributed by atoms with Crippen molar-refractivity contribution in [2.45, 2.75) is 38.6 Å². The van der Waals surface area contributed by atoms with E-state index in [1.165, 1.54) is 6.26 Å². The molecular weight excluding hydrogens is 434 g/mol. The van der Waals surface area contributed by atoms with Crippen molar-refractivity contribution in [2.24, 2.45) is 5.92 Å². The fourth-order valence-corrected chi connectivity index (χ4v) is 4.49. The van der Waals surface area contributed by atoms with Crippen LogP contribution in [0.4, 0.5) is 5.69 Å². The standard InChI is InChI=1S/C25H27N5O4/c1-15-9-17(7-8-26-15)25-28-22(14-34-25)24(32)27-21-10-18-12-30(29-20(18)11-23(21)33-2)19-5-3-16(13-31)4-6-19/h7-12,14,16,19,31H,3-6,13H2,1-2H3,(H,27,32)/t16-,19-. The molecule has 0 aliphatic heterocycles. The second-order valence-electron chi connectivity index (χ2n) is 8.76. The van der Waals surface area contributed by atoms with E-state index in [1.807, 2.05) is 36.0 Å². The van der Waals surface area contributed by atoms with Gasteiger partial charge in [-0.3, -0.25) is 14.5 Å². The van der Waals surface area contributed by atoms with Crippen LogP contribution in [0.3, 0.4) is 0 Å². The van der Waals surface area contributed by atoms with Gasteiger partial charge in [-0.25, -0.2) is 4.98 Å². The molecule has 0 unspecified atom stereocenters. The lowest BCUT2D eigenvalue weighted by Gasteiger charge is -2.27. The molecule has 3 aromatic heterocycles. The molecule has 1 aliphatic carbocycles. The molecule has 0 saturated heterocycles. The highest BCUT2D eigenvalue weighted by molar-refractivity contribution is 6.05. The molecule has 176 valence electrons. The maximum absolute atomic E-state index is 12.9. The van der Waals surface area contributed by atoms with Gasteiger partial charge in [-0.1, -0.05) is 0 Å². The lowest BCUT2D eigenvalue weighted by Crippen LogP contribution is -2.20. The van der Waals surface area contributed by atoms with Gasteiger partial charge in [0.05, 0.1) is 24.4 Å². The average Bonchev–Trinajstić information content (AvgIpc) is 3.51. The predicted molar refractivity (Wildman–Crippen MR) is 127 cm³/mol. The molecule has 34 heavy (non-hydrogen) atoms. The minimum Gasteiger partial charge on any atom is -0.494 e. The number of nitrogens with zero attached hydrogens (tertiary/aromatic N) is 4. The van der Waals surface area contributed by atoms with E-state index in [4.69, 9.17) is 14.3 Å². The van der Waals surface area contributed by atoms with Crippen LogP contribution in [0.5, 0.6) is 5.75 Å². The first kappa shape index (κ1) is 22.1. The molecule has 3 heterocycles. The zero-order chi connectivity index (χ0) is 23.7. The Balaban J connectivity index is 1.36. The van der Waals surface area contributed by atoms with E-state index in [1.54, 1.807) is 19.4 Å². The molecule has 0 atom stereocenters. The van der Waals surface area contributed by atoms with Crippen molar-refractivity contribution in [2.75, 3.05) is 19.0 Å². The highest BCUT2D eigenvalue weighted by Crippen LogP contribution is 2.35. The highest BCUT2D eigenvalue weighted by atomic mass is 16.5. The lowest BCUT2D eigenvalue weighted by molar-refractivity contribution is 0.102. The van der Waals surface area contributed by atoms with Gasteiger partial charge in [0.25, 0.3) is 5.91 Å². The fraction of sp³-hybridized carbons (Fsp3) is 0.360. The van der Waals surface area contributed by atoms with E-state index in [0.29, 0.717) is 29.3 Å². The number of methoxy groups -OCH3 is 1. The second kappa shape index (κ2) is 9.26. The highest BCUT2D eigenvalue weighted by Gasteiger charge is 2.23. The summed E-state index contributed by atoms with van der Waals surface area (Å²) in [4.78, 5) is 21.4. The Bertz CT molecular complexity index is 1320. The van der Waals surface area contributed by atoms with Gasteiger partial charge in [0.2, 0.25) is 5.89 Å². The lowest BCUT2D eigenvalue weighted by atomic mass is 9.87. The molecule has 1 fully saturated rings. The zero-order valence-electron chi connectivity index (χ0n) is 19.2. The summed E-state index contributed by atoms with van der Waals surface area (Å²) >= 11 is 0. The van der Waals surface area contributed by atoms with Crippen molar-refractivity contribution in [3.8, 4) is 17.2 Å². The number of fused-ring (bicyclic) bond motifs is 1. The van der Waals surface area contributed by atoms with Crippen molar-refractivity contribution < 1.29 is 19.1 Å². The largest absolute Gasteiger partial charge is 0.494 e. The summed E-state index contributed by atoms with van der Waals surface area (Å²) in [5.74, 6) is 0.870. The van der Waals surface area contributed by atoms with E-state index in [9.17, 15) is 9.90 Å². The van der Waals surface area contributed by atoms with Crippen LogP contribution in [0.1, 0.15) is 47.9 Å². The summed E-state index contributed by atoms with van der Waals surface area (Å²) < 4.78 is 13.0. The average molecular weight is 462 g/mol. The summed E-state index contributed by atoms with van der Waals surface area (Å²) in [5.41, 5.74) is 3.10. The summed E-state index contributed by atoms with van der Waals surface area (Å²) in [5, 5.41) is 17.9. The number of aromatic nitrogens is 4. The van der Waals surface area contributed by atoms with E-state index < -0.39 is 5.91 Å². The van der Waals surface area contributed by atoms with Gasteiger partial charge < -0.3 is 19.6 Å². The third-order valence-corrected chi connectivity index (χ3v) is 6.42. The molecular formula is C25H27N5O4. The molecule has 0 radical (unpaired) electrons. The number of anilines is 1. The molecule has 4 aromatic rings. The number of aliphatic hydroxyl groups is 1. The van der Waals surface area contributed by atoms with Gasteiger partial charge in [-0.15, -0.1) is 0 Å². The molecule has 1 amide bonds. The number of carbonyl (C=O) groups is 1. The Hall–Kier alpha value is -3.72. The first-order valence-corrected chi connectivity index (χ1v) is 11.4. The van der Waals surface area contributed by atoms with Crippen LogP contribution in [0.25, 0.3) is 22.4 Å². The van der Waals surface area contributed by atoms with Crippen molar-refractivity contribution >= 4 is 22.5 Å². The first-order valence-electron chi connectivity index (χ1n) is 11.4. The molecule has 5 rings (SSSR count). The number of rotatable bonds is 6. The number of benzene rings is 1. The number of amides is 1. The Labute approximate surface area is 196 Å². The Kier molecular flexibility index (Phi) is 6.02. The number of aryl methyl sites for hydroxylation is 1. The molecule has 1 aliphatic rings. The van der Waals surface area contributed by atoms with E-state index in [2.05, 4.69) is 15.3 Å². The second-order valence-corrected chi connectivity index (χ2v) is 8.76. The van der Waals surface area contributed by atoms with Gasteiger partial charge in [0, 0.05) is 41.7 Å². The van der Waals surface area contributed by atoms with Crippen molar-refractivity contribution in [1.29, 1.82) is 0 Å². The minimum absolute atomic E-state index is 0.169. The van der Waals surface area contributed by atoms with Crippen molar-refractivity contribution in [3.05, 3.63) is 54.3 Å². The van der Waals surface area contributed by atoms with E-state index >= 15 is 0 Å². The van der Waals surface area contributed by atoms with Crippen LogP contribution in [0.2, 0.25) is 0 Å². The quantitative estimate of drug-likeness (QED) is 0.438. The SMILES string of the molecule is COc1cc2nn([C@H]3CC[C@H](CO)CC3)cc2cc1NC(=O)c1coc(-c2ccnc(C)c2)n1. The molecule has 1 aromatic carbocycles. The Morgan fingerprint density at radius 1 is 1.26 bits per heavy atom. The third kappa shape index (κ3) is 4.38. The van der Waals surface area contributed by atoms with Crippen LogP contribution >= 0.6 is 0 Å². The predicted octanol–water partition coefficient (Wildman–Crippen LogP) is 4.38. The summed E-state index contributed by atoms with van der Waals surface area (Å²) in [6.07, 6.45) is 9.01. The van der Waals surface area contributed by atoms with Crippen LogP contribution in [0.15, 0.2) is 47.3 Å². The third-order valence-electron chi connectivity index (χ3n) is 6.42. The van der Waals surface area contributed by atoms with Gasteiger partial charge in [-0.05, 0) is 56.7 Å². The summed E-state index contributed by atoms with van der Waals surface area (Å²) in [6, 6.07) is 7.63. The van der Waals surface area contributed by atoms with Crippen LogP contribution < -0.4 is 10.1 Å². The van der Waals surface area contributed by atoms with Crippen LogP contribution in [-0.4, -0.2) is 44.5 Å². The van der Waals surface area contributed by atoms with Crippen LogP contribution in [0, 0.1) is 12.8 Å². The number of aliphatic hydroxyl groups excluding tert-OH is 1. The molecule has 0 spiro atoms. The first-order chi connectivity index (χ1) is 16.5. The molecule has 0 bridgehead atoms. The number of hydrogen-bond acceptors (Lipinski definition) is 7. The maximum atomic E-state index is 12.9. The maximum Gasteiger partial charge on any atom is 0.277 e. The van der Waals surface area contributed by atoms with Crippen LogP contribution in [-0.2, 0) is 0 Å². The van der Waals surface area contributed by atoms with Crippen molar-refractivity contribution in [1.82, 2.24) is 19.7 Å². The Morgan fingerprint density at radius 3 is 2.82 bits per heavy atom. The minimum atomic E-state index is -0.395. The Morgan fingerprint density at radius 2 is 2.09 bits per heavy atom. The van der Waals surface area contributed by atoms with Gasteiger partial charge in [0.1, 0.15) is 12.0 Å². The number of pyridine rings is 1. The topological polar surface area (TPSA) is 115 Å². The van der Waals surface area contributed by atoms with E-state index in [-0.39, 0.29) is 12.3 Å². The molecule has 1 saturated carbocycles. The van der Waals surface area contributed by atoms with Gasteiger partial charge in [-0.2, -0.15) is 5.10 Å². The number of nitrogens with one attached hydrogen (secondary N) is 1. The fourth-order valence-electron chi connectivity index (χ4n) is 4.49. The molecule has 2 N–H and O–H groups in total.